The Kier molecular flexibility index (Phi) is 29.9. The van der Waals surface area contributed by atoms with Crippen LogP contribution in [0.5, 0.6) is 34.5 Å². The van der Waals surface area contributed by atoms with E-state index in [1.807, 2.05) is 95.5 Å². The Morgan fingerprint density at radius 1 is 0.439 bits per heavy atom. The van der Waals surface area contributed by atoms with E-state index in [1.54, 1.807) is 74.0 Å². The summed E-state index contributed by atoms with van der Waals surface area (Å²) in [7, 11) is -9.01. The van der Waals surface area contributed by atoms with Gasteiger partial charge < -0.3 is 98.5 Å². The van der Waals surface area contributed by atoms with Crippen LogP contribution in [0.25, 0.3) is 79.8 Å². The molecule has 9 aromatic rings. The number of fused-ring (bicyclic) bond motifs is 18. The van der Waals surface area contributed by atoms with Crippen molar-refractivity contribution in [3.8, 4) is 34.5 Å². The number of rotatable bonds is 13. The molecule has 0 radical (unpaired) electrons. The van der Waals surface area contributed by atoms with Crippen molar-refractivity contribution in [1.29, 1.82) is 0 Å². The number of likely N-dealkylation sites (tertiary alicyclic amines) is 3. The first kappa shape index (κ1) is 102. The Hall–Kier alpha value is -13.4. The molecular formula is C107H120B6N14O20S. The molecule has 34 nitrogen and oxygen atoms in total. The molecule has 0 bridgehead atoms. The summed E-state index contributed by atoms with van der Waals surface area (Å²) in [5.74, 6) is 16.2. The van der Waals surface area contributed by atoms with E-state index in [4.69, 9.17) is 33.0 Å². The van der Waals surface area contributed by atoms with Crippen LogP contribution in [-0.2, 0) is 50.1 Å². The van der Waals surface area contributed by atoms with E-state index in [0.29, 0.717) is 109 Å². The lowest BCUT2D eigenvalue weighted by Crippen LogP contribution is -2.48. The van der Waals surface area contributed by atoms with E-state index in [9.17, 15) is 62.5 Å². The van der Waals surface area contributed by atoms with Gasteiger partial charge in [-0.25, -0.2) is 27.9 Å². The smallest absolute Gasteiger partial charge is 0.531 e. The zero-order valence-corrected chi connectivity index (χ0v) is 84.6. The minimum absolute atomic E-state index is 0.0284. The van der Waals surface area contributed by atoms with E-state index < -0.39 is 58.7 Å². The highest BCUT2D eigenvalue weighted by atomic mass is 32.2. The molecule has 17 heterocycles. The summed E-state index contributed by atoms with van der Waals surface area (Å²) >= 11 is 0. The molecule has 41 heteroatoms. The predicted molar refractivity (Wildman–Crippen MR) is 569 cm³/mol. The summed E-state index contributed by atoms with van der Waals surface area (Å²) in [6.07, 6.45) is 44.5. The number of allylic oxidation sites excluding steroid dienone is 7. The number of nitrogens with zero attached hydrogens (tertiary/aromatic N) is 9. The van der Waals surface area contributed by atoms with Crippen molar-refractivity contribution >= 4 is 162 Å². The molecule has 3 saturated heterocycles. The van der Waals surface area contributed by atoms with Crippen molar-refractivity contribution in [2.24, 2.45) is 59.2 Å². The third kappa shape index (κ3) is 21.4. The lowest BCUT2D eigenvalue weighted by molar-refractivity contribution is -0.143. The second-order valence-electron chi connectivity index (χ2n) is 41.0. The summed E-state index contributed by atoms with van der Waals surface area (Å²) in [4.78, 5) is 98.3. The van der Waals surface area contributed by atoms with Crippen LogP contribution in [0.1, 0.15) is 207 Å². The van der Waals surface area contributed by atoms with Crippen molar-refractivity contribution in [2.75, 3.05) is 52.1 Å². The average Bonchev–Trinajstić information content (AvgIpc) is 1.29. The quantitative estimate of drug-likeness (QED) is 0.0477. The fraction of sp³-hybridized carbons (Fsp3) is 0.393. The number of aromatic amines is 2. The Morgan fingerprint density at radius 3 is 1.18 bits per heavy atom. The third-order valence-corrected chi connectivity index (χ3v) is 32.3. The van der Waals surface area contributed by atoms with Gasteiger partial charge in [-0.1, -0.05) is 94.5 Å². The fourth-order valence-corrected chi connectivity index (χ4v) is 24.5. The number of piperidine rings is 3. The van der Waals surface area contributed by atoms with Crippen molar-refractivity contribution in [1.82, 2.24) is 69.9 Å². The van der Waals surface area contributed by atoms with Crippen LogP contribution in [0.4, 0.5) is 4.79 Å². The molecule has 25 rings (SSSR count). The monoisotopic (exact) mass is 2020 g/mol. The molecule has 3 saturated carbocycles. The summed E-state index contributed by atoms with van der Waals surface area (Å²) < 4.78 is 58.6. The van der Waals surface area contributed by atoms with Gasteiger partial charge in [-0.3, -0.25) is 39.1 Å². The number of benzene rings is 1. The van der Waals surface area contributed by atoms with Crippen LogP contribution < -0.4 is 43.3 Å². The largest absolute Gasteiger partial charge is 0.552 e. The number of carbonyl (C=O) groups excluding carboxylic acids is 4. The maximum atomic E-state index is 12.3. The normalized spacial score (nSPS) is 23.9. The molecule has 1 aromatic carbocycles. The van der Waals surface area contributed by atoms with E-state index in [0.717, 1.165) is 237 Å². The lowest BCUT2D eigenvalue weighted by atomic mass is 9.68. The SMILES string of the molecule is CC(=O)N1CCC(C)C(C2=CB(O)Oc3cnc4[nH]ccc4c32)C1.CCC(=O)N1CCC(C)C(C2=CB(O)Oc3cnc4c(c32)C=CC4)C1.CCNC(=O)N1CCC(C)C(C2=CB(O)Oc3cnc4[nH]ccc4c32)C1.CS(=O)(=O)NC1CC(C2=CB(O)Oc3cnc4c(c32)C=CC4)C1.O=C(NC1CC(C2=CB(O)Oc3cnc4c(c32)C=CC4)C1)c1ccccc1.O=C(O)C1CCC(C2=CB(O)Oc3cnc4c(c32)C=CC4)CC1. The summed E-state index contributed by atoms with van der Waals surface area (Å²) in [5, 5.41) is 77.7. The molecule has 0 spiro atoms. The zero-order valence-electron chi connectivity index (χ0n) is 83.8. The number of carbonyl (C=O) groups is 5. The van der Waals surface area contributed by atoms with Crippen LogP contribution in [0, 0.1) is 59.2 Å². The number of amides is 5. The number of aliphatic carboxylic acids is 1. The number of H-pyrrole nitrogens is 2. The molecule has 16 aliphatic rings. The first-order valence-electron chi connectivity index (χ1n) is 51.6. The number of carboxylic acids is 1. The number of aromatic nitrogens is 8. The van der Waals surface area contributed by atoms with Crippen LogP contribution in [0.2, 0.25) is 0 Å². The maximum absolute atomic E-state index is 12.3. The predicted octanol–water partition coefficient (Wildman–Crippen LogP) is 12.0. The second-order valence-corrected chi connectivity index (χ2v) is 42.8. The Bertz CT molecular complexity index is 7130. The molecule has 6 atom stereocenters. The highest BCUT2D eigenvalue weighted by Crippen LogP contribution is 2.53. The molecule has 5 amide bonds. The maximum Gasteiger partial charge on any atom is 0.552 e. The van der Waals surface area contributed by atoms with Gasteiger partial charge in [0.2, 0.25) is 21.8 Å². The molecule has 762 valence electrons. The van der Waals surface area contributed by atoms with Gasteiger partial charge >= 0.3 is 54.7 Å². The highest BCUT2D eigenvalue weighted by molar-refractivity contribution is 7.88. The van der Waals surface area contributed by atoms with Gasteiger partial charge in [-0.05, 0) is 207 Å². The van der Waals surface area contributed by atoms with E-state index >= 15 is 0 Å². The highest BCUT2D eigenvalue weighted by Gasteiger charge is 2.46. The molecule has 7 aliphatic carbocycles. The van der Waals surface area contributed by atoms with Crippen molar-refractivity contribution in [3.63, 3.8) is 0 Å². The van der Waals surface area contributed by atoms with Gasteiger partial charge in [0.25, 0.3) is 5.91 Å². The zero-order chi connectivity index (χ0) is 103. The number of carboxylic acid groups (broad SMARTS) is 1. The average molecular weight is 2020 g/mol. The molecule has 8 aromatic heterocycles. The third-order valence-electron chi connectivity index (χ3n) is 31.5. The van der Waals surface area contributed by atoms with Gasteiger partial charge in [0.05, 0.1) is 72.1 Å². The standard InChI is InChI=1S/C21H19BN2O3.C19H23BN2O3.C18H23BN4O3.C17H20BN3O3.C17H18BNO4.C15H17BN2O4S/c25-21(13-5-2-1-3-6-13)24-15-9-14(10-15)17-11-22(26)27-19-12-23-18-8-4-7-16(18)20(17)19;1-3-18(23)22-8-7-12(2)15(11-22)14-9-20(24)25-17-10-21-16-6-4-5-13(16)19(14)17;1-3-20-18(24)23-7-5-11(2)14(10-23)13-8-19(25)26-15-9-22-17-12(16(13)15)4-6-21-17;1-10-4-6-21(11(2)22)9-14(10)13-7-18(23)24-15-8-20-17-12(16(13)15)3-5-19-17;20-17(21)11-6-4-10(5-7-11)13-8-18(22)23-15-9-19-14-3-1-2-12(14)16(13)15;1-23(20,21)18-10-5-9(6-10)12-7-16(19)22-14-8-17-13-4-2-3-11(13)15(12)14/h1-7,11-12,14-15,26H,8-10H2,(H,24,25);4-5,9-10,12,15,24H,3,6-8,11H2,1-2H3;4,6,8-9,11,14,25H,3,5,7,10H2,1-2H3,(H,20,24)(H,21,22);3,5,7-8,10,14,23H,4,6,9H2,1-2H3,(H,19,20);1-2,8-11,22H,3-7H2,(H,20,21);2-3,7-10,18-19H,4-6H2,1H3. The van der Waals surface area contributed by atoms with Gasteiger partial charge in [-0.2, -0.15) is 0 Å². The molecule has 148 heavy (non-hydrogen) atoms. The number of pyridine rings is 6. The molecule has 6 fully saturated rings. The van der Waals surface area contributed by atoms with Crippen LogP contribution in [0.15, 0.2) is 152 Å². The molecule has 12 N–H and O–H groups in total. The van der Waals surface area contributed by atoms with Gasteiger partial charge in [0.15, 0.2) is 0 Å². The number of sulfonamides is 1. The minimum atomic E-state index is -3.18. The van der Waals surface area contributed by atoms with Crippen LogP contribution in [-0.4, -0.2) is 235 Å². The van der Waals surface area contributed by atoms with Crippen LogP contribution >= 0.6 is 0 Å². The Labute approximate surface area is 860 Å². The minimum Gasteiger partial charge on any atom is -0.531 e. The van der Waals surface area contributed by atoms with E-state index in [2.05, 4.69) is 119 Å². The number of hydrogen-bond acceptors (Lipinski definition) is 25. The molecular weight excluding hydrogens is 1900 g/mol. The molecule has 9 aliphatic heterocycles. The fourth-order valence-electron chi connectivity index (χ4n) is 23.7. The first-order chi connectivity index (χ1) is 71.4. The number of hydrogen-bond donors (Lipinski definition) is 12. The van der Waals surface area contributed by atoms with E-state index in [1.165, 1.54) is 6.26 Å². The second kappa shape index (κ2) is 43.4. The molecule has 6 unspecified atom stereocenters. The van der Waals surface area contributed by atoms with Crippen molar-refractivity contribution in [2.45, 2.75) is 156 Å². The first-order valence-corrected chi connectivity index (χ1v) is 53.5. The van der Waals surface area contributed by atoms with Gasteiger partial charge in [-0.15, -0.1) is 0 Å². The Morgan fingerprint density at radius 2 is 0.791 bits per heavy atom. The van der Waals surface area contributed by atoms with Gasteiger partial charge in [0, 0.05) is 199 Å². The van der Waals surface area contributed by atoms with E-state index in [-0.39, 0.29) is 71.3 Å². The van der Waals surface area contributed by atoms with Crippen molar-refractivity contribution < 1.29 is 95.6 Å². The van der Waals surface area contributed by atoms with Gasteiger partial charge in [0.1, 0.15) is 45.8 Å². The van der Waals surface area contributed by atoms with Crippen molar-refractivity contribution in [3.05, 3.63) is 236 Å². The topological polar surface area (TPSA) is 471 Å². The summed E-state index contributed by atoms with van der Waals surface area (Å²) in [6.45, 7) is 17.1. The number of nitrogens with one attached hydrogen (secondary N) is 5. The Balaban J connectivity index is 0.000000108. The summed E-state index contributed by atoms with van der Waals surface area (Å²) in [5.41, 5.74) is 23.3. The summed E-state index contributed by atoms with van der Waals surface area (Å²) in [6, 6.07) is 13.3. The van der Waals surface area contributed by atoms with Crippen LogP contribution in [0.3, 0.4) is 0 Å². The lowest BCUT2D eigenvalue weighted by Gasteiger charge is -2.40. The number of urea groups is 1.